The monoisotopic (exact) mass is 913 g/mol. The summed E-state index contributed by atoms with van der Waals surface area (Å²) in [5, 5.41) is 30.2. The molecule has 0 atom stereocenters. The fourth-order valence-electron chi connectivity index (χ4n) is 18.5. The molecule has 63 heavy (non-hydrogen) atoms. The molecule has 8 bridgehead atoms. The SMILES string of the molecule is Cc1cc(-c2ccccc2-c2cccc(-c3ccccc3-c3cc(C)cc(C45CC6(C)CC(C)(CC(C)(C6)C4)C5)c3[O-])n2)c([O-])c(C23CC4(C)CC(C)(CC(C)(C4)C2)C3)c1.[CH3-].[CH3-].[Zr+4]. The number of aryl methyl sites for hydroxylation is 2. The van der Waals surface area contributed by atoms with Crippen molar-refractivity contribution in [1.82, 2.24) is 4.98 Å². The molecule has 0 unspecified atom stereocenters. The maximum atomic E-state index is 15.1. The van der Waals surface area contributed by atoms with Gasteiger partial charge in [-0.2, -0.15) is 0 Å². The van der Waals surface area contributed by atoms with E-state index in [-0.39, 0.29) is 95.9 Å². The molecule has 4 aromatic carbocycles. The normalized spacial score (nSPS) is 35.4. The van der Waals surface area contributed by atoms with Crippen LogP contribution in [0.15, 0.2) is 91.0 Å². The number of hydrogen-bond donors (Lipinski definition) is 0. The van der Waals surface area contributed by atoms with Gasteiger partial charge in [-0.1, -0.05) is 143 Å². The Balaban J connectivity index is 0.00000181. The topological polar surface area (TPSA) is 59.0 Å². The number of nitrogens with zero attached hydrogens (tertiary/aromatic N) is 1. The van der Waals surface area contributed by atoms with E-state index in [2.05, 4.69) is 146 Å². The van der Waals surface area contributed by atoms with Crippen LogP contribution in [0.2, 0.25) is 0 Å². The number of benzene rings is 4. The summed E-state index contributed by atoms with van der Waals surface area (Å²) in [6.45, 7) is 19.4. The van der Waals surface area contributed by atoms with Crippen LogP contribution in [-0.2, 0) is 37.0 Å². The van der Waals surface area contributed by atoms with Crippen LogP contribution in [0.1, 0.15) is 141 Å². The van der Waals surface area contributed by atoms with Crippen molar-refractivity contribution in [2.45, 2.75) is 143 Å². The van der Waals surface area contributed by atoms with E-state index in [0.29, 0.717) is 0 Å². The van der Waals surface area contributed by atoms with Crippen molar-refractivity contribution in [2.75, 3.05) is 0 Å². The molecule has 0 amide bonds. The second-order valence-electron chi connectivity index (χ2n) is 24.4. The van der Waals surface area contributed by atoms with Crippen molar-refractivity contribution < 1.29 is 36.4 Å². The van der Waals surface area contributed by atoms with Crippen LogP contribution in [0, 0.1) is 61.2 Å². The van der Waals surface area contributed by atoms with Gasteiger partial charge in [-0.25, -0.2) is 4.98 Å². The van der Waals surface area contributed by atoms with E-state index in [1.54, 1.807) is 0 Å². The Bertz CT molecular complexity index is 2350. The smallest absolute Gasteiger partial charge is 0.872 e. The standard InChI is InChI=1S/C57H65NO2.2CH3.Zr/c1-36-20-42(48(59)44(22-36)56-30-50(3)24-51(4,31-56)26-52(5,25-50)32-56)38-14-9-11-16-40(38)46-18-13-19-47(58-46)41-17-12-10-15-39(41)43-21-37(2)23-45(49(43)60)57-33-53(6)27-54(7,34-57)29-55(8,28-53)35-57;;;/h9-23,59-60H,24-35H2,1-8H3;2*1H3;/q;2*-1;+4/p-2. The van der Waals surface area contributed by atoms with Crippen LogP contribution in [-0.4, -0.2) is 4.98 Å². The zero-order valence-corrected chi connectivity index (χ0v) is 42.4. The Morgan fingerprint density at radius 1 is 0.381 bits per heavy atom. The Hall–Kier alpha value is -3.49. The zero-order valence-electron chi connectivity index (χ0n) is 39.9. The van der Waals surface area contributed by atoms with E-state index < -0.39 is 0 Å². The first-order chi connectivity index (χ1) is 28.2. The van der Waals surface area contributed by atoms with Crippen LogP contribution in [0.25, 0.3) is 44.8 Å². The molecular formula is C59H69NO2Zr. The summed E-state index contributed by atoms with van der Waals surface area (Å²) in [5.74, 6) is 0.392. The third kappa shape index (κ3) is 7.25. The van der Waals surface area contributed by atoms with E-state index >= 15 is 10.2 Å². The molecular weight excluding hydrogens is 846 g/mol. The molecule has 5 aromatic rings. The summed E-state index contributed by atoms with van der Waals surface area (Å²) in [6, 6.07) is 31.7. The molecule has 4 heteroatoms. The molecule has 8 saturated carbocycles. The van der Waals surface area contributed by atoms with Crippen molar-refractivity contribution in [3.8, 4) is 56.3 Å². The van der Waals surface area contributed by atoms with Gasteiger partial charge in [0.25, 0.3) is 0 Å². The van der Waals surface area contributed by atoms with Gasteiger partial charge in [0.05, 0.1) is 11.4 Å². The molecule has 3 nitrogen and oxygen atoms in total. The molecule has 0 saturated heterocycles. The third-order valence-corrected chi connectivity index (χ3v) is 17.1. The number of rotatable bonds is 6. The van der Waals surface area contributed by atoms with E-state index in [9.17, 15) is 0 Å². The minimum absolute atomic E-state index is 0. The van der Waals surface area contributed by atoms with Crippen molar-refractivity contribution in [1.29, 1.82) is 0 Å². The Morgan fingerprint density at radius 3 is 0.968 bits per heavy atom. The van der Waals surface area contributed by atoms with Crippen molar-refractivity contribution in [3.05, 3.63) is 128 Å². The predicted molar refractivity (Wildman–Crippen MR) is 255 cm³/mol. The molecule has 13 rings (SSSR count). The average molecular weight is 915 g/mol. The predicted octanol–water partition coefficient (Wildman–Crippen LogP) is 14.7. The molecule has 8 aliphatic carbocycles. The third-order valence-electron chi connectivity index (χ3n) is 17.1. The van der Waals surface area contributed by atoms with Gasteiger partial charge in [0.15, 0.2) is 0 Å². The largest absolute Gasteiger partial charge is 4.00 e. The average Bonchev–Trinajstić information content (AvgIpc) is 3.12. The summed E-state index contributed by atoms with van der Waals surface area (Å²) in [7, 11) is 0. The van der Waals surface area contributed by atoms with Crippen LogP contribution < -0.4 is 10.2 Å². The Morgan fingerprint density at radius 2 is 0.667 bits per heavy atom. The first-order valence-electron chi connectivity index (χ1n) is 23.0. The van der Waals surface area contributed by atoms with Crippen molar-refractivity contribution >= 4 is 0 Å². The first-order valence-corrected chi connectivity index (χ1v) is 23.0. The number of hydrogen-bond acceptors (Lipinski definition) is 3. The second kappa shape index (κ2) is 14.8. The maximum Gasteiger partial charge on any atom is 4.00 e. The quantitative estimate of drug-likeness (QED) is 0.159. The van der Waals surface area contributed by atoms with Crippen LogP contribution in [0.5, 0.6) is 11.5 Å². The van der Waals surface area contributed by atoms with Gasteiger partial charge >= 0.3 is 26.2 Å². The molecule has 8 fully saturated rings. The molecule has 0 aliphatic heterocycles. The summed E-state index contributed by atoms with van der Waals surface area (Å²) in [4.78, 5) is 5.39. The Labute approximate surface area is 399 Å². The van der Waals surface area contributed by atoms with Gasteiger partial charge in [0.2, 0.25) is 0 Å². The van der Waals surface area contributed by atoms with Crippen molar-refractivity contribution in [3.63, 3.8) is 0 Å². The number of pyridine rings is 1. The van der Waals surface area contributed by atoms with Gasteiger partial charge in [0, 0.05) is 11.1 Å². The first kappa shape index (κ1) is 46.1. The molecule has 1 aromatic heterocycles. The molecule has 0 N–H and O–H groups in total. The fraction of sp³-hybridized carbons (Fsp3) is 0.475. The summed E-state index contributed by atoms with van der Waals surface area (Å²) < 4.78 is 0. The van der Waals surface area contributed by atoms with Crippen molar-refractivity contribution in [2.24, 2.45) is 32.5 Å². The Kier molecular flexibility index (Phi) is 10.8. The molecule has 0 radical (unpaired) electrons. The summed E-state index contributed by atoms with van der Waals surface area (Å²) >= 11 is 0. The van der Waals surface area contributed by atoms with Gasteiger partial charge in [-0.3, -0.25) is 0 Å². The minimum Gasteiger partial charge on any atom is -0.872 e. The van der Waals surface area contributed by atoms with E-state index in [4.69, 9.17) is 4.98 Å². The van der Waals surface area contributed by atoms with Gasteiger partial charge in [0.1, 0.15) is 0 Å². The van der Waals surface area contributed by atoms with Crippen LogP contribution in [0.3, 0.4) is 0 Å². The molecule has 1 heterocycles. The molecule has 0 spiro atoms. The molecule has 326 valence electrons. The van der Waals surface area contributed by atoms with Crippen LogP contribution in [0.4, 0.5) is 0 Å². The zero-order chi connectivity index (χ0) is 41.9. The maximum absolute atomic E-state index is 15.1. The van der Waals surface area contributed by atoms with E-state index in [1.165, 1.54) is 38.5 Å². The fourth-order valence-corrected chi connectivity index (χ4v) is 18.5. The van der Waals surface area contributed by atoms with Gasteiger partial charge < -0.3 is 25.1 Å². The van der Waals surface area contributed by atoms with E-state index in [0.717, 1.165) is 106 Å². The second-order valence-corrected chi connectivity index (χ2v) is 24.4. The van der Waals surface area contributed by atoms with Gasteiger partial charge in [-0.15, -0.1) is 0 Å². The summed E-state index contributed by atoms with van der Waals surface area (Å²) in [6.07, 6.45) is 14.3. The molecule has 8 aliphatic rings. The summed E-state index contributed by atoms with van der Waals surface area (Å²) in [5.41, 5.74) is 13.0. The minimum atomic E-state index is -0.0820. The van der Waals surface area contributed by atoms with Gasteiger partial charge in [-0.05, 0) is 180 Å². The van der Waals surface area contributed by atoms with E-state index in [1.807, 2.05) is 0 Å². The number of aromatic nitrogens is 1. The van der Waals surface area contributed by atoms with Crippen LogP contribution >= 0.6 is 0 Å².